The summed E-state index contributed by atoms with van der Waals surface area (Å²) in [7, 11) is 1.53. The molecule has 0 bridgehead atoms. The van der Waals surface area contributed by atoms with Gasteiger partial charge in [-0.15, -0.1) is 0 Å². The maximum Gasteiger partial charge on any atom is 0.339 e. The Morgan fingerprint density at radius 2 is 1.90 bits per heavy atom. The average Bonchev–Trinajstić information content (AvgIpc) is 2.92. The molecule has 0 radical (unpaired) electrons. The monoisotopic (exact) mass is 411 g/mol. The molecule has 30 heavy (non-hydrogen) atoms. The Hall–Kier alpha value is -3.80. The zero-order valence-electron chi connectivity index (χ0n) is 16.9. The first-order valence-corrected chi connectivity index (χ1v) is 9.36. The smallest absolute Gasteiger partial charge is 0.339 e. The minimum Gasteiger partial charge on any atom is -0.466 e. The quantitative estimate of drug-likeness (QED) is 0.719. The van der Waals surface area contributed by atoms with Gasteiger partial charge in [-0.05, 0) is 19.9 Å². The van der Waals surface area contributed by atoms with Crippen molar-refractivity contribution in [3.63, 3.8) is 0 Å². The lowest BCUT2D eigenvalue weighted by Gasteiger charge is -2.34. The first-order valence-electron chi connectivity index (χ1n) is 9.36. The number of para-hydroxylation sites is 1. The molecule has 9 heteroatoms. The molecule has 1 spiro atoms. The van der Waals surface area contributed by atoms with Gasteiger partial charge in [0.15, 0.2) is 5.41 Å². The zero-order chi connectivity index (χ0) is 22.1. The van der Waals surface area contributed by atoms with Gasteiger partial charge in [0.25, 0.3) is 0 Å². The number of amides is 1. The Morgan fingerprint density at radius 3 is 2.53 bits per heavy atom. The third-order valence-electron chi connectivity index (χ3n) is 5.00. The molecule has 156 valence electrons. The number of anilines is 1. The molecule has 0 unspecified atom stereocenters. The standard InChI is InChI=1S/C21H21N3O6/c1-4-28-16(25)10-15-17(19(26)29-5-2)21(13(11-22)18(23)30-15)12-8-6-7-9-14(12)24(3)20(21)27/h6-9H,4-5,10,23H2,1-3H3/t21-/m0/s1. The first kappa shape index (κ1) is 20.9. The molecular weight excluding hydrogens is 390 g/mol. The summed E-state index contributed by atoms with van der Waals surface area (Å²) in [4.78, 5) is 40.2. The van der Waals surface area contributed by atoms with Gasteiger partial charge in [-0.1, -0.05) is 18.2 Å². The van der Waals surface area contributed by atoms with Gasteiger partial charge < -0.3 is 24.8 Å². The molecule has 0 saturated heterocycles. The van der Waals surface area contributed by atoms with Crippen LogP contribution in [0.15, 0.2) is 47.1 Å². The molecule has 0 aliphatic carbocycles. The predicted octanol–water partition coefficient (Wildman–Crippen LogP) is 1.40. The largest absolute Gasteiger partial charge is 0.466 e. The van der Waals surface area contributed by atoms with Gasteiger partial charge in [0.1, 0.15) is 29.4 Å². The van der Waals surface area contributed by atoms with Gasteiger partial charge in [-0.25, -0.2) is 4.79 Å². The van der Waals surface area contributed by atoms with Crippen molar-refractivity contribution < 1.29 is 28.6 Å². The molecule has 3 rings (SSSR count). The van der Waals surface area contributed by atoms with Crippen molar-refractivity contribution in [1.29, 1.82) is 5.26 Å². The van der Waals surface area contributed by atoms with Crippen LogP contribution in [0.3, 0.4) is 0 Å². The highest BCUT2D eigenvalue weighted by atomic mass is 16.5. The van der Waals surface area contributed by atoms with Gasteiger partial charge in [0.05, 0.1) is 13.2 Å². The van der Waals surface area contributed by atoms with Crippen LogP contribution in [0, 0.1) is 11.3 Å². The van der Waals surface area contributed by atoms with E-state index in [1.165, 1.54) is 11.9 Å². The Labute approximate surface area is 173 Å². The van der Waals surface area contributed by atoms with Crippen LogP contribution in [-0.4, -0.2) is 38.1 Å². The number of nitrogens with zero attached hydrogens (tertiary/aromatic N) is 2. The summed E-state index contributed by atoms with van der Waals surface area (Å²) in [5, 5.41) is 9.89. The fraction of sp³-hybridized carbons (Fsp3) is 0.333. The van der Waals surface area contributed by atoms with E-state index in [0.717, 1.165) is 0 Å². The van der Waals surface area contributed by atoms with E-state index < -0.39 is 29.7 Å². The normalized spacial score (nSPS) is 20.1. The Kier molecular flexibility index (Phi) is 5.52. The van der Waals surface area contributed by atoms with E-state index in [0.29, 0.717) is 11.3 Å². The van der Waals surface area contributed by atoms with E-state index in [1.807, 2.05) is 6.07 Å². The Morgan fingerprint density at radius 1 is 1.23 bits per heavy atom. The summed E-state index contributed by atoms with van der Waals surface area (Å²) in [5.41, 5.74) is 4.53. The fourth-order valence-corrected chi connectivity index (χ4v) is 3.87. The highest BCUT2D eigenvalue weighted by molar-refractivity contribution is 6.18. The first-order chi connectivity index (χ1) is 14.3. The number of hydrogen-bond donors (Lipinski definition) is 1. The summed E-state index contributed by atoms with van der Waals surface area (Å²) < 4.78 is 15.7. The number of carbonyl (C=O) groups is 3. The second-order valence-electron chi connectivity index (χ2n) is 6.58. The Balaban J connectivity index is 2.38. The number of ether oxygens (including phenoxy) is 3. The molecule has 0 fully saturated rings. The van der Waals surface area contributed by atoms with Crippen LogP contribution in [0.5, 0.6) is 0 Å². The van der Waals surface area contributed by atoms with Crippen LogP contribution in [0.2, 0.25) is 0 Å². The van der Waals surface area contributed by atoms with Crippen LogP contribution in [0.1, 0.15) is 25.8 Å². The molecule has 1 atom stereocenters. The second-order valence-corrected chi connectivity index (χ2v) is 6.58. The second kappa shape index (κ2) is 7.91. The van der Waals surface area contributed by atoms with E-state index in [2.05, 4.69) is 0 Å². The molecule has 2 aliphatic rings. The van der Waals surface area contributed by atoms with Crippen LogP contribution in [0.25, 0.3) is 0 Å². The van der Waals surface area contributed by atoms with Gasteiger partial charge in [-0.2, -0.15) is 5.26 Å². The maximum absolute atomic E-state index is 13.6. The highest BCUT2D eigenvalue weighted by Gasteiger charge is 2.62. The number of nitrogens with two attached hydrogens (primary N) is 1. The average molecular weight is 411 g/mol. The van der Waals surface area contributed by atoms with Crippen molar-refractivity contribution in [2.24, 2.45) is 5.73 Å². The van der Waals surface area contributed by atoms with Crippen LogP contribution in [-0.2, 0) is 34.0 Å². The third kappa shape index (κ3) is 2.88. The lowest BCUT2D eigenvalue weighted by molar-refractivity contribution is -0.143. The lowest BCUT2D eigenvalue weighted by atomic mass is 9.68. The fourth-order valence-electron chi connectivity index (χ4n) is 3.87. The summed E-state index contributed by atoms with van der Waals surface area (Å²) >= 11 is 0. The molecular formula is C21H21N3O6. The van der Waals surface area contributed by atoms with E-state index in [9.17, 15) is 19.6 Å². The lowest BCUT2D eigenvalue weighted by Crippen LogP contribution is -2.48. The third-order valence-corrected chi connectivity index (χ3v) is 5.00. The SMILES string of the molecule is CCOC(=O)CC1=C(C(=O)OCC)[C@@]2(C(=O)N(C)c3ccccc32)C(C#N)=C(N)O1. The van der Waals surface area contributed by atoms with E-state index in [1.54, 1.807) is 38.1 Å². The maximum atomic E-state index is 13.6. The number of fused-ring (bicyclic) bond motifs is 2. The number of likely N-dealkylation sites (N-methyl/N-ethyl adjacent to an activating group) is 1. The number of hydrogen-bond acceptors (Lipinski definition) is 8. The minimum absolute atomic E-state index is 0.0118. The van der Waals surface area contributed by atoms with E-state index in [-0.39, 0.29) is 36.0 Å². The molecule has 2 aliphatic heterocycles. The van der Waals surface area contributed by atoms with Crippen LogP contribution < -0.4 is 10.6 Å². The van der Waals surface area contributed by atoms with E-state index >= 15 is 0 Å². The number of rotatable bonds is 5. The molecule has 1 amide bonds. The van der Waals surface area contributed by atoms with Crippen molar-refractivity contribution in [3.05, 3.63) is 52.6 Å². The number of nitriles is 1. The van der Waals surface area contributed by atoms with Crippen molar-refractivity contribution in [3.8, 4) is 6.07 Å². The summed E-state index contributed by atoms with van der Waals surface area (Å²) in [6.45, 7) is 3.37. The number of esters is 2. The topological polar surface area (TPSA) is 132 Å². The van der Waals surface area contributed by atoms with Crippen molar-refractivity contribution >= 4 is 23.5 Å². The van der Waals surface area contributed by atoms with Crippen LogP contribution >= 0.6 is 0 Å². The molecule has 1 aromatic carbocycles. The van der Waals surface area contributed by atoms with Gasteiger partial charge in [0.2, 0.25) is 11.8 Å². The van der Waals surface area contributed by atoms with Gasteiger partial charge >= 0.3 is 11.9 Å². The predicted molar refractivity (Wildman–Crippen MR) is 104 cm³/mol. The summed E-state index contributed by atoms with van der Waals surface area (Å²) in [5.74, 6) is -2.67. The summed E-state index contributed by atoms with van der Waals surface area (Å²) in [6, 6.07) is 8.66. The molecule has 1 aromatic rings. The van der Waals surface area contributed by atoms with E-state index in [4.69, 9.17) is 19.9 Å². The van der Waals surface area contributed by atoms with Crippen molar-refractivity contribution in [1.82, 2.24) is 0 Å². The summed E-state index contributed by atoms with van der Waals surface area (Å²) in [6.07, 6.45) is -0.456. The zero-order valence-corrected chi connectivity index (χ0v) is 16.9. The van der Waals surface area contributed by atoms with Crippen LogP contribution in [0.4, 0.5) is 5.69 Å². The van der Waals surface area contributed by atoms with Gasteiger partial charge in [-0.3, -0.25) is 9.59 Å². The molecule has 2 N–H and O–H groups in total. The molecule has 0 aromatic heterocycles. The minimum atomic E-state index is -1.88. The molecule has 9 nitrogen and oxygen atoms in total. The Bertz CT molecular complexity index is 1040. The molecule has 0 saturated carbocycles. The molecule has 2 heterocycles. The van der Waals surface area contributed by atoms with Crippen molar-refractivity contribution in [2.75, 3.05) is 25.2 Å². The number of carbonyl (C=O) groups excluding carboxylic acids is 3. The highest BCUT2D eigenvalue weighted by Crippen LogP contribution is 2.54. The van der Waals surface area contributed by atoms with Gasteiger partial charge in [0, 0.05) is 18.3 Å². The van der Waals surface area contributed by atoms with Crippen molar-refractivity contribution in [2.45, 2.75) is 25.7 Å². The number of benzene rings is 1.